The fourth-order valence-electron chi connectivity index (χ4n) is 3.45. The third-order valence-corrected chi connectivity index (χ3v) is 4.66. The van der Waals surface area contributed by atoms with E-state index in [-0.39, 0.29) is 25.1 Å². The van der Waals surface area contributed by atoms with Crippen LogP contribution in [0.5, 0.6) is 11.5 Å². The van der Waals surface area contributed by atoms with Crippen molar-refractivity contribution >= 4 is 0 Å². The zero-order valence-electron chi connectivity index (χ0n) is 14.6. The molecule has 3 rings (SSSR count). The largest absolute Gasteiger partial charge is 0.493 e. The first kappa shape index (κ1) is 17.7. The number of hydrogen-bond donors (Lipinski definition) is 2. The average Bonchev–Trinajstić information content (AvgIpc) is 2.93. The summed E-state index contributed by atoms with van der Waals surface area (Å²) in [5.74, 6) is 1.48. The van der Waals surface area contributed by atoms with Crippen molar-refractivity contribution in [1.29, 1.82) is 0 Å². The maximum atomic E-state index is 13.6. The van der Waals surface area contributed by atoms with Crippen molar-refractivity contribution in [2.24, 2.45) is 5.92 Å². The van der Waals surface area contributed by atoms with Gasteiger partial charge in [-0.15, -0.1) is 0 Å². The number of halogens is 1. The third kappa shape index (κ3) is 3.94. The third-order valence-electron chi connectivity index (χ3n) is 4.66. The molecule has 0 unspecified atom stereocenters. The van der Waals surface area contributed by atoms with Gasteiger partial charge in [0.2, 0.25) is 0 Å². The Morgan fingerprint density at radius 3 is 2.80 bits per heavy atom. The molecule has 1 aliphatic carbocycles. The van der Waals surface area contributed by atoms with Gasteiger partial charge in [-0.2, -0.15) is 0 Å². The molecule has 0 fully saturated rings. The van der Waals surface area contributed by atoms with Crippen LogP contribution in [-0.4, -0.2) is 25.4 Å². The zero-order chi connectivity index (χ0) is 17.8. The SMILES string of the molecule is COc1cc(CN[C@H]2c3cc(F)ccc3C[C@@H]2C)ccc1OCCO. The summed E-state index contributed by atoms with van der Waals surface area (Å²) in [7, 11) is 1.59. The fourth-order valence-corrected chi connectivity index (χ4v) is 3.45. The molecule has 0 aliphatic heterocycles. The molecule has 2 aromatic carbocycles. The Morgan fingerprint density at radius 1 is 1.20 bits per heavy atom. The van der Waals surface area contributed by atoms with Gasteiger partial charge in [0.15, 0.2) is 11.5 Å². The topological polar surface area (TPSA) is 50.7 Å². The lowest BCUT2D eigenvalue weighted by Gasteiger charge is -2.19. The van der Waals surface area contributed by atoms with Crippen LogP contribution >= 0.6 is 0 Å². The van der Waals surface area contributed by atoms with Crippen LogP contribution in [0.3, 0.4) is 0 Å². The molecule has 134 valence electrons. The highest BCUT2D eigenvalue weighted by Crippen LogP contribution is 2.36. The average molecular weight is 345 g/mol. The van der Waals surface area contributed by atoms with E-state index in [9.17, 15) is 4.39 Å². The summed E-state index contributed by atoms with van der Waals surface area (Å²) in [5.41, 5.74) is 3.34. The Kier molecular flexibility index (Phi) is 5.56. The molecule has 4 nitrogen and oxygen atoms in total. The zero-order valence-corrected chi connectivity index (χ0v) is 14.6. The van der Waals surface area contributed by atoms with Crippen LogP contribution in [0.2, 0.25) is 0 Å². The lowest BCUT2D eigenvalue weighted by molar-refractivity contribution is 0.196. The molecule has 1 aliphatic rings. The van der Waals surface area contributed by atoms with Gasteiger partial charge in [0.05, 0.1) is 13.7 Å². The van der Waals surface area contributed by atoms with Crippen LogP contribution in [0.4, 0.5) is 4.39 Å². The second-order valence-corrected chi connectivity index (χ2v) is 6.44. The Bertz CT molecular complexity index is 735. The van der Waals surface area contributed by atoms with Gasteiger partial charge in [-0.25, -0.2) is 4.39 Å². The molecule has 0 radical (unpaired) electrons. The molecular weight excluding hydrogens is 321 g/mol. The van der Waals surface area contributed by atoms with E-state index in [2.05, 4.69) is 12.2 Å². The van der Waals surface area contributed by atoms with E-state index in [1.54, 1.807) is 13.2 Å². The summed E-state index contributed by atoms with van der Waals surface area (Å²) in [6, 6.07) is 10.9. The number of fused-ring (bicyclic) bond motifs is 1. The van der Waals surface area contributed by atoms with Crippen molar-refractivity contribution in [3.63, 3.8) is 0 Å². The Labute approximate surface area is 147 Å². The first-order chi connectivity index (χ1) is 12.1. The number of aliphatic hydroxyl groups excluding tert-OH is 1. The van der Waals surface area contributed by atoms with E-state index in [0.29, 0.717) is 24.0 Å². The van der Waals surface area contributed by atoms with E-state index < -0.39 is 0 Å². The molecule has 2 aromatic rings. The minimum absolute atomic E-state index is 0.0397. The summed E-state index contributed by atoms with van der Waals surface area (Å²) in [6.45, 7) is 3.03. The van der Waals surface area contributed by atoms with Crippen LogP contribution in [0.15, 0.2) is 36.4 Å². The smallest absolute Gasteiger partial charge is 0.161 e. The summed E-state index contributed by atoms with van der Waals surface area (Å²) in [6.07, 6.45) is 0.963. The highest BCUT2D eigenvalue weighted by molar-refractivity contribution is 5.43. The van der Waals surface area contributed by atoms with Crippen molar-refractivity contribution in [1.82, 2.24) is 5.32 Å². The molecule has 0 bridgehead atoms. The summed E-state index contributed by atoms with van der Waals surface area (Å²) in [5, 5.41) is 12.4. The van der Waals surface area contributed by atoms with Crippen molar-refractivity contribution in [2.75, 3.05) is 20.3 Å². The molecule has 2 atom stereocenters. The number of nitrogens with one attached hydrogen (secondary N) is 1. The van der Waals surface area contributed by atoms with Gasteiger partial charge in [-0.1, -0.05) is 19.1 Å². The van der Waals surface area contributed by atoms with Crippen LogP contribution in [-0.2, 0) is 13.0 Å². The van der Waals surface area contributed by atoms with E-state index in [1.165, 1.54) is 11.6 Å². The molecule has 0 spiro atoms. The van der Waals surface area contributed by atoms with Crippen molar-refractivity contribution in [3.05, 3.63) is 58.9 Å². The van der Waals surface area contributed by atoms with Gasteiger partial charge in [0.25, 0.3) is 0 Å². The number of hydrogen-bond acceptors (Lipinski definition) is 4. The summed E-state index contributed by atoms with van der Waals surface area (Å²) < 4.78 is 24.4. The highest BCUT2D eigenvalue weighted by Gasteiger charge is 2.29. The normalized spacial score (nSPS) is 18.9. The van der Waals surface area contributed by atoms with Crippen LogP contribution < -0.4 is 14.8 Å². The van der Waals surface area contributed by atoms with E-state index >= 15 is 0 Å². The number of methoxy groups -OCH3 is 1. The predicted octanol–water partition coefficient (Wildman–Crippen LogP) is 3.23. The fraction of sp³-hybridized carbons (Fsp3) is 0.400. The summed E-state index contributed by atoms with van der Waals surface area (Å²) >= 11 is 0. The van der Waals surface area contributed by atoms with Gasteiger partial charge >= 0.3 is 0 Å². The Hall–Kier alpha value is -2.11. The minimum atomic E-state index is -0.188. The molecular formula is C20H24FNO3. The lowest BCUT2D eigenvalue weighted by Crippen LogP contribution is -2.23. The van der Waals surface area contributed by atoms with Crippen LogP contribution in [0.25, 0.3) is 0 Å². The maximum absolute atomic E-state index is 13.6. The Morgan fingerprint density at radius 2 is 2.04 bits per heavy atom. The van der Waals surface area contributed by atoms with Gasteiger partial charge in [0.1, 0.15) is 12.4 Å². The molecule has 0 aromatic heterocycles. The van der Waals surface area contributed by atoms with Gasteiger partial charge < -0.3 is 19.9 Å². The maximum Gasteiger partial charge on any atom is 0.161 e. The van der Waals surface area contributed by atoms with Gasteiger partial charge in [-0.05, 0) is 53.3 Å². The Balaban J connectivity index is 1.71. The predicted molar refractivity (Wildman–Crippen MR) is 94.4 cm³/mol. The van der Waals surface area contributed by atoms with E-state index in [1.807, 2.05) is 24.3 Å². The lowest BCUT2D eigenvalue weighted by atomic mass is 10.0. The molecule has 0 amide bonds. The molecule has 0 saturated carbocycles. The molecule has 25 heavy (non-hydrogen) atoms. The molecule has 0 heterocycles. The first-order valence-electron chi connectivity index (χ1n) is 8.54. The van der Waals surface area contributed by atoms with Crippen LogP contribution in [0, 0.1) is 11.7 Å². The van der Waals surface area contributed by atoms with Crippen molar-refractivity contribution < 1.29 is 19.0 Å². The number of aliphatic hydroxyl groups is 1. The quantitative estimate of drug-likeness (QED) is 0.809. The van der Waals surface area contributed by atoms with E-state index in [4.69, 9.17) is 14.6 Å². The second kappa shape index (κ2) is 7.85. The van der Waals surface area contributed by atoms with Crippen molar-refractivity contribution in [3.8, 4) is 11.5 Å². The first-order valence-corrected chi connectivity index (χ1v) is 8.54. The highest BCUT2D eigenvalue weighted by atomic mass is 19.1. The number of rotatable bonds is 7. The molecule has 5 heteroatoms. The standard InChI is InChI=1S/C20H24FNO3/c1-13-9-15-4-5-16(21)11-17(15)20(13)22-12-14-3-6-18(25-8-7-23)19(10-14)24-2/h3-6,10-11,13,20,22-23H,7-9,12H2,1-2H3/t13-,20+/m0/s1. The molecule has 0 saturated heterocycles. The molecule has 2 N–H and O–H groups in total. The van der Waals surface area contributed by atoms with Crippen molar-refractivity contribution in [2.45, 2.75) is 25.9 Å². The van der Waals surface area contributed by atoms with Gasteiger partial charge in [-0.3, -0.25) is 0 Å². The van der Waals surface area contributed by atoms with Gasteiger partial charge in [0, 0.05) is 12.6 Å². The minimum Gasteiger partial charge on any atom is -0.493 e. The van der Waals surface area contributed by atoms with E-state index in [0.717, 1.165) is 17.5 Å². The number of ether oxygens (including phenoxy) is 2. The summed E-state index contributed by atoms with van der Waals surface area (Å²) in [4.78, 5) is 0. The van der Waals surface area contributed by atoms with Crippen LogP contribution in [0.1, 0.15) is 29.7 Å². The monoisotopic (exact) mass is 345 g/mol. The second-order valence-electron chi connectivity index (χ2n) is 6.44. The number of benzene rings is 2.